The topological polar surface area (TPSA) is 84.2 Å². The average Bonchev–Trinajstić information content (AvgIpc) is 2.89. The van der Waals surface area contributed by atoms with Crippen molar-refractivity contribution in [3.8, 4) is 0 Å². The molecule has 2 rings (SSSR count). The summed E-state index contributed by atoms with van der Waals surface area (Å²) in [5, 5.41) is 16.7. The number of aliphatic carboxylic acids is 1. The molecule has 6 nitrogen and oxygen atoms in total. The van der Waals surface area contributed by atoms with Crippen molar-refractivity contribution in [3.05, 3.63) is 17.5 Å². The third-order valence-electron chi connectivity index (χ3n) is 4.90. The molecule has 6 heteroatoms. The van der Waals surface area contributed by atoms with Gasteiger partial charge >= 0.3 is 5.97 Å². The molecule has 0 spiro atoms. The zero-order chi connectivity index (χ0) is 18.1. The van der Waals surface area contributed by atoms with Gasteiger partial charge in [-0.15, -0.1) is 0 Å². The second-order valence-electron chi connectivity index (χ2n) is 7.90. The molecule has 1 aliphatic carbocycles. The van der Waals surface area contributed by atoms with E-state index >= 15 is 0 Å². The number of amides is 1. The first-order valence-electron chi connectivity index (χ1n) is 8.69. The van der Waals surface area contributed by atoms with Crippen LogP contribution in [0.3, 0.4) is 0 Å². The molecule has 1 saturated carbocycles. The summed E-state index contributed by atoms with van der Waals surface area (Å²) in [6, 6.07) is -0.106. The second-order valence-corrected chi connectivity index (χ2v) is 7.90. The van der Waals surface area contributed by atoms with Gasteiger partial charge in [-0.2, -0.15) is 5.10 Å². The summed E-state index contributed by atoms with van der Waals surface area (Å²) in [5.74, 6) is -1.10. The van der Waals surface area contributed by atoms with Crippen molar-refractivity contribution in [1.29, 1.82) is 0 Å². The zero-order valence-corrected chi connectivity index (χ0v) is 15.3. The molecule has 1 heterocycles. The Morgan fingerprint density at radius 2 is 1.79 bits per heavy atom. The van der Waals surface area contributed by atoms with E-state index in [1.54, 1.807) is 0 Å². The Labute approximate surface area is 143 Å². The number of carbonyl (C=O) groups is 2. The van der Waals surface area contributed by atoms with Gasteiger partial charge in [0.2, 0.25) is 5.91 Å². The minimum Gasteiger partial charge on any atom is -0.481 e. The van der Waals surface area contributed by atoms with E-state index in [2.05, 4.69) is 31.2 Å². The molecule has 0 aromatic carbocycles. The lowest BCUT2D eigenvalue weighted by Gasteiger charge is -2.26. The van der Waals surface area contributed by atoms with Crippen molar-refractivity contribution >= 4 is 11.9 Å². The summed E-state index contributed by atoms with van der Waals surface area (Å²) < 4.78 is 1.93. The van der Waals surface area contributed by atoms with Crippen LogP contribution in [0.2, 0.25) is 0 Å². The molecular formula is C18H29N3O3. The fourth-order valence-electron chi connectivity index (χ4n) is 3.25. The van der Waals surface area contributed by atoms with Gasteiger partial charge in [-0.1, -0.05) is 0 Å². The molecule has 1 atom stereocenters. The van der Waals surface area contributed by atoms with Crippen molar-refractivity contribution < 1.29 is 14.7 Å². The number of aryl methyl sites for hydroxylation is 1. The Hall–Kier alpha value is -1.85. The highest BCUT2D eigenvalue weighted by molar-refractivity contribution is 5.79. The van der Waals surface area contributed by atoms with Gasteiger partial charge in [-0.3, -0.25) is 14.3 Å². The van der Waals surface area contributed by atoms with E-state index in [4.69, 9.17) is 5.11 Å². The van der Waals surface area contributed by atoms with Gasteiger partial charge in [-0.05, 0) is 60.3 Å². The maximum atomic E-state index is 12.5. The summed E-state index contributed by atoms with van der Waals surface area (Å²) >= 11 is 0. The Kier molecular flexibility index (Phi) is 5.35. The second kappa shape index (κ2) is 6.95. The smallest absolute Gasteiger partial charge is 0.306 e. The molecule has 1 aromatic rings. The molecule has 0 bridgehead atoms. The van der Waals surface area contributed by atoms with E-state index in [9.17, 15) is 9.59 Å². The van der Waals surface area contributed by atoms with Crippen LogP contribution in [0.15, 0.2) is 6.20 Å². The molecule has 0 aliphatic heterocycles. The standard InChI is InChI=1S/C18H29N3O3/c1-11(15-10-21(18(3,4)5)20-12(15)2)19-16(22)13-6-8-14(9-7-13)17(23)24/h10-11,13-14H,6-9H2,1-5H3,(H,19,22)(H,23,24). The van der Waals surface area contributed by atoms with Crippen molar-refractivity contribution in [1.82, 2.24) is 15.1 Å². The third-order valence-corrected chi connectivity index (χ3v) is 4.90. The van der Waals surface area contributed by atoms with E-state index < -0.39 is 5.97 Å². The van der Waals surface area contributed by atoms with Crippen LogP contribution in [-0.4, -0.2) is 26.8 Å². The van der Waals surface area contributed by atoms with E-state index in [1.807, 2.05) is 24.7 Å². The lowest BCUT2D eigenvalue weighted by molar-refractivity contribution is -0.144. The van der Waals surface area contributed by atoms with Gasteiger partial charge in [0.1, 0.15) is 0 Å². The molecule has 1 unspecified atom stereocenters. The quantitative estimate of drug-likeness (QED) is 0.886. The molecule has 1 aromatic heterocycles. The highest BCUT2D eigenvalue weighted by Gasteiger charge is 2.30. The molecule has 134 valence electrons. The number of carbonyl (C=O) groups excluding carboxylic acids is 1. The SMILES string of the molecule is Cc1nn(C(C)(C)C)cc1C(C)NC(=O)C1CCC(C(=O)O)CC1. The predicted octanol–water partition coefficient (Wildman–Crippen LogP) is 3.01. The molecular weight excluding hydrogens is 306 g/mol. The number of nitrogens with zero attached hydrogens (tertiary/aromatic N) is 2. The van der Waals surface area contributed by atoms with Crippen LogP contribution in [0, 0.1) is 18.8 Å². The minimum atomic E-state index is -0.743. The van der Waals surface area contributed by atoms with Gasteiger partial charge in [0.25, 0.3) is 0 Å². The van der Waals surface area contributed by atoms with Crippen LogP contribution in [0.5, 0.6) is 0 Å². The van der Waals surface area contributed by atoms with Gasteiger partial charge in [0, 0.05) is 17.7 Å². The molecule has 1 aliphatic rings. The van der Waals surface area contributed by atoms with Crippen molar-refractivity contribution in [2.45, 2.75) is 71.9 Å². The number of carboxylic acid groups (broad SMARTS) is 1. The summed E-state index contributed by atoms with van der Waals surface area (Å²) in [7, 11) is 0. The number of hydrogen-bond donors (Lipinski definition) is 2. The molecule has 0 radical (unpaired) electrons. The Balaban J connectivity index is 1.97. The third kappa shape index (κ3) is 4.16. The van der Waals surface area contributed by atoms with E-state index in [1.165, 1.54) is 0 Å². The minimum absolute atomic E-state index is 0.0225. The van der Waals surface area contributed by atoms with Gasteiger partial charge in [0.05, 0.1) is 23.2 Å². The lowest BCUT2D eigenvalue weighted by atomic mass is 9.81. The number of hydrogen-bond acceptors (Lipinski definition) is 3. The summed E-state index contributed by atoms with van der Waals surface area (Å²) in [6.07, 6.45) is 4.47. The summed E-state index contributed by atoms with van der Waals surface area (Å²) in [6.45, 7) is 10.2. The maximum absolute atomic E-state index is 12.5. The monoisotopic (exact) mass is 335 g/mol. The summed E-state index contributed by atoms with van der Waals surface area (Å²) in [5.41, 5.74) is 1.85. The molecule has 1 amide bonds. The highest BCUT2D eigenvalue weighted by atomic mass is 16.4. The summed E-state index contributed by atoms with van der Waals surface area (Å²) in [4.78, 5) is 23.5. The van der Waals surface area contributed by atoms with Crippen molar-refractivity contribution in [3.63, 3.8) is 0 Å². The van der Waals surface area contributed by atoms with Crippen molar-refractivity contribution in [2.24, 2.45) is 11.8 Å². The Morgan fingerprint density at radius 3 is 2.25 bits per heavy atom. The van der Waals surface area contributed by atoms with E-state index in [0.717, 1.165) is 11.3 Å². The van der Waals surface area contributed by atoms with Gasteiger partial charge in [-0.25, -0.2) is 0 Å². The average molecular weight is 335 g/mol. The van der Waals surface area contributed by atoms with Crippen LogP contribution in [0.1, 0.15) is 70.7 Å². The van der Waals surface area contributed by atoms with Gasteiger partial charge < -0.3 is 10.4 Å². The fourth-order valence-corrected chi connectivity index (χ4v) is 3.25. The number of carboxylic acids is 1. The van der Waals surface area contributed by atoms with E-state index in [0.29, 0.717) is 25.7 Å². The van der Waals surface area contributed by atoms with E-state index in [-0.39, 0.29) is 29.3 Å². The fraction of sp³-hybridized carbons (Fsp3) is 0.722. The number of rotatable bonds is 4. The largest absolute Gasteiger partial charge is 0.481 e. The molecule has 0 saturated heterocycles. The zero-order valence-electron chi connectivity index (χ0n) is 15.3. The maximum Gasteiger partial charge on any atom is 0.306 e. The normalized spacial score (nSPS) is 22.9. The number of nitrogens with one attached hydrogen (secondary N) is 1. The molecule has 24 heavy (non-hydrogen) atoms. The number of aromatic nitrogens is 2. The van der Waals surface area contributed by atoms with Crippen molar-refractivity contribution in [2.75, 3.05) is 0 Å². The Morgan fingerprint density at radius 1 is 1.25 bits per heavy atom. The molecule has 2 N–H and O–H groups in total. The first kappa shape index (κ1) is 18.5. The molecule has 1 fully saturated rings. The first-order valence-corrected chi connectivity index (χ1v) is 8.69. The predicted molar refractivity (Wildman–Crippen MR) is 91.6 cm³/mol. The first-order chi connectivity index (χ1) is 11.1. The van der Waals surface area contributed by atoms with Crippen LogP contribution in [0.25, 0.3) is 0 Å². The van der Waals surface area contributed by atoms with Crippen LogP contribution in [-0.2, 0) is 15.1 Å². The van der Waals surface area contributed by atoms with Crippen LogP contribution >= 0.6 is 0 Å². The van der Waals surface area contributed by atoms with Crippen LogP contribution < -0.4 is 5.32 Å². The van der Waals surface area contributed by atoms with Crippen LogP contribution in [0.4, 0.5) is 0 Å². The Bertz CT molecular complexity index is 608. The van der Waals surface area contributed by atoms with Gasteiger partial charge in [0.15, 0.2) is 0 Å². The lowest BCUT2D eigenvalue weighted by Crippen LogP contribution is -2.35. The highest BCUT2D eigenvalue weighted by Crippen LogP contribution is 2.30.